The Morgan fingerprint density at radius 2 is 1.85 bits per heavy atom. The topological polar surface area (TPSA) is 339 Å². The van der Waals surface area contributed by atoms with Crippen LogP contribution in [0.25, 0.3) is 0 Å². The minimum absolute atomic E-state index is 0.0350. The number of nitrogens with zero attached hydrogens (tertiary/aromatic N) is 5. The molecule has 5 heterocycles. The van der Waals surface area contributed by atoms with E-state index in [4.69, 9.17) is 29.6 Å². The maximum Gasteiger partial charge on any atom is 0.418 e. The molecular formula is C26H39N9O15S3. The van der Waals surface area contributed by atoms with Gasteiger partial charge in [0.1, 0.15) is 17.8 Å². The molecule has 24 nitrogen and oxygen atoms in total. The van der Waals surface area contributed by atoms with Crippen molar-refractivity contribution in [2.24, 2.45) is 5.16 Å². The highest BCUT2D eigenvalue weighted by Crippen LogP contribution is 2.31. The number of carboxylic acids is 1. The Balaban J connectivity index is 0.000000238. The van der Waals surface area contributed by atoms with Crippen LogP contribution in [-0.2, 0) is 53.8 Å². The summed E-state index contributed by atoms with van der Waals surface area (Å²) in [6.07, 6.45) is 3.95. The molecule has 0 aliphatic carbocycles. The molecule has 4 fully saturated rings. The number of anilines is 1. The number of oxime groups is 1. The highest BCUT2D eigenvalue weighted by Gasteiger charge is 2.52. The van der Waals surface area contributed by atoms with E-state index in [-0.39, 0.29) is 27.7 Å². The van der Waals surface area contributed by atoms with E-state index < -0.39 is 85.9 Å². The first-order valence-electron chi connectivity index (χ1n) is 15.8. The summed E-state index contributed by atoms with van der Waals surface area (Å²) < 4.78 is 66.2. The molecule has 296 valence electrons. The molecular weight excluding hydrogens is 775 g/mol. The molecule has 2 bridgehead atoms. The fourth-order valence-electron chi connectivity index (χ4n) is 5.56. The Morgan fingerprint density at radius 3 is 2.40 bits per heavy atom. The maximum absolute atomic E-state index is 12.6. The van der Waals surface area contributed by atoms with E-state index >= 15 is 0 Å². The third kappa shape index (κ3) is 10.2. The number of nitrogens with one attached hydrogen (secondary N) is 3. The van der Waals surface area contributed by atoms with Crippen LogP contribution < -0.4 is 21.8 Å². The predicted octanol–water partition coefficient (Wildman–Crippen LogP) is -1.99. The second-order valence-electron chi connectivity index (χ2n) is 12.7. The second-order valence-corrected chi connectivity index (χ2v) is 15.8. The summed E-state index contributed by atoms with van der Waals surface area (Å²) in [6, 6.07) is -4.18. The Bertz CT molecular complexity index is 1830. The van der Waals surface area contributed by atoms with Gasteiger partial charge in [0, 0.05) is 18.0 Å². The van der Waals surface area contributed by atoms with Gasteiger partial charge in [-0.1, -0.05) is 11.6 Å². The van der Waals surface area contributed by atoms with E-state index in [0.29, 0.717) is 24.5 Å². The van der Waals surface area contributed by atoms with Gasteiger partial charge in [0.05, 0.1) is 18.7 Å². The number of piperidine rings is 2. The molecule has 4 aliphatic heterocycles. The molecule has 0 radical (unpaired) electrons. The molecule has 1 aromatic rings. The van der Waals surface area contributed by atoms with Gasteiger partial charge in [-0.25, -0.2) is 24.4 Å². The summed E-state index contributed by atoms with van der Waals surface area (Å²) in [7, 11) is -9.55. The van der Waals surface area contributed by atoms with Gasteiger partial charge in [0.25, 0.3) is 17.7 Å². The number of carbonyl (C=O) groups is 5. The minimum Gasteiger partial charge on any atom is -0.478 e. The average Bonchev–Trinajstić information content (AvgIpc) is 3.59. The van der Waals surface area contributed by atoms with Crippen molar-refractivity contribution in [2.75, 3.05) is 25.4 Å². The first kappa shape index (κ1) is 41.5. The molecule has 0 aromatic carbocycles. The Labute approximate surface area is 306 Å². The van der Waals surface area contributed by atoms with Crippen molar-refractivity contribution >= 4 is 72.6 Å². The van der Waals surface area contributed by atoms with Crippen LogP contribution in [0.4, 0.5) is 9.93 Å². The zero-order chi connectivity index (χ0) is 39.5. The lowest BCUT2D eigenvalue weighted by molar-refractivity contribution is -0.161. The van der Waals surface area contributed by atoms with Crippen LogP contribution in [0.1, 0.15) is 58.6 Å². The Morgan fingerprint density at radius 1 is 1.15 bits per heavy atom. The third-order valence-corrected chi connectivity index (χ3v) is 10.4. The summed E-state index contributed by atoms with van der Waals surface area (Å²) in [5.74, 6) is -3.84. The molecule has 0 saturated carbocycles. The van der Waals surface area contributed by atoms with E-state index in [1.165, 1.54) is 31.1 Å². The largest absolute Gasteiger partial charge is 0.478 e. The van der Waals surface area contributed by atoms with Crippen LogP contribution in [0.2, 0.25) is 0 Å². The van der Waals surface area contributed by atoms with Gasteiger partial charge in [0.2, 0.25) is 5.60 Å². The maximum atomic E-state index is 12.6. The number of amides is 5. The van der Waals surface area contributed by atoms with E-state index in [1.807, 2.05) is 0 Å². The smallest absolute Gasteiger partial charge is 0.418 e. The number of hydrogen-bond donors (Lipinski definition) is 7. The number of nitrogen functional groups attached to an aromatic ring is 1. The van der Waals surface area contributed by atoms with E-state index in [1.54, 1.807) is 0 Å². The summed E-state index contributed by atoms with van der Waals surface area (Å²) in [5.41, 5.74) is 5.62. The third-order valence-electron chi connectivity index (χ3n) is 8.40. The fraction of sp³-hybridized carbons (Fsp3) is 0.654. The monoisotopic (exact) mass is 813 g/mol. The lowest BCUT2D eigenvalue weighted by Gasteiger charge is -2.42. The number of thiazole rings is 1. The van der Waals surface area contributed by atoms with Crippen LogP contribution >= 0.6 is 11.3 Å². The molecule has 4 saturated heterocycles. The zero-order valence-electron chi connectivity index (χ0n) is 28.4. The molecule has 0 unspecified atom stereocenters. The lowest BCUT2D eigenvalue weighted by Crippen LogP contribution is -2.71. The van der Waals surface area contributed by atoms with Gasteiger partial charge in [0.15, 0.2) is 10.8 Å². The van der Waals surface area contributed by atoms with Crippen molar-refractivity contribution in [2.45, 2.75) is 88.7 Å². The number of hydrogen-bond acceptors (Lipinski definition) is 17. The van der Waals surface area contributed by atoms with Gasteiger partial charge in [-0.05, 0) is 53.0 Å². The highest BCUT2D eigenvalue weighted by molar-refractivity contribution is 7.84. The van der Waals surface area contributed by atoms with Crippen molar-refractivity contribution in [3.8, 4) is 0 Å². The SMILES string of the molecule is C[C@H]1[C@H](NC(=O)/C(=N\OC(C)(C)C(=O)O)c2csc(N)n2)C(=O)N1S(=O)(=O)O.O=C(NOC[C@@H]1CCCCN1)[C@@H]1CC[C@@H]2CN1C(=O)N2OS(=O)(=O)O. The standard InChI is InChI=1S/C13H17N5O8S2.C13H22N4O7S/c1-5-7(10(20)18(5)28(23,24)25)16-9(19)8(6-4-27-12(14)15-6)17-26-13(2,3)11(21)22;18-12(15-23-8-9-3-1-2-6-14-9)11-5-4-10-7-16(11)13(19)17(10)24-25(20,21)22/h4-5,7H,1-3H3,(H2,14,15)(H,16,19)(H,21,22)(H,23,24,25);9-11,14H,1-8H2,(H,15,18)(H,20,21,22)/b17-8-;/t5-,7-;9-,10+,11-/m00/s1. The van der Waals surface area contributed by atoms with Gasteiger partial charge in [-0.15, -0.1) is 15.6 Å². The normalized spacial score (nSPS) is 24.9. The summed E-state index contributed by atoms with van der Waals surface area (Å²) >= 11 is 0.980. The molecule has 8 N–H and O–H groups in total. The summed E-state index contributed by atoms with van der Waals surface area (Å²) in [4.78, 5) is 75.4. The number of carbonyl (C=O) groups excluding carboxylic acids is 4. The summed E-state index contributed by atoms with van der Waals surface area (Å²) in [5, 5.41) is 20.2. The van der Waals surface area contributed by atoms with Crippen molar-refractivity contribution in [1.29, 1.82) is 0 Å². The minimum atomic E-state index is -4.80. The van der Waals surface area contributed by atoms with Crippen LogP contribution in [0, 0.1) is 0 Å². The van der Waals surface area contributed by atoms with Crippen molar-refractivity contribution in [3.05, 3.63) is 11.1 Å². The molecule has 4 aliphatic rings. The van der Waals surface area contributed by atoms with Gasteiger partial charge >= 0.3 is 32.7 Å². The van der Waals surface area contributed by atoms with Crippen molar-refractivity contribution in [3.63, 3.8) is 0 Å². The fourth-order valence-corrected chi connectivity index (χ4v) is 7.38. The highest BCUT2D eigenvalue weighted by atomic mass is 32.3. The number of fused-ring (bicyclic) bond motifs is 2. The predicted molar refractivity (Wildman–Crippen MR) is 179 cm³/mol. The Hall–Kier alpha value is -4.25. The number of urea groups is 1. The number of nitrogens with two attached hydrogens (primary N) is 1. The van der Waals surface area contributed by atoms with Gasteiger partial charge in [-0.3, -0.25) is 28.3 Å². The molecule has 1 aromatic heterocycles. The van der Waals surface area contributed by atoms with Gasteiger partial charge < -0.3 is 31.2 Å². The zero-order valence-corrected chi connectivity index (χ0v) is 30.8. The number of aliphatic carboxylic acids is 1. The van der Waals surface area contributed by atoms with Crippen LogP contribution in [0.3, 0.4) is 0 Å². The number of aromatic nitrogens is 1. The molecule has 5 atom stereocenters. The number of rotatable bonds is 13. The molecule has 5 rings (SSSR count). The number of hydroxylamine groups is 3. The number of β-lactam (4-membered cyclic amide) rings is 1. The van der Waals surface area contributed by atoms with Gasteiger partial charge in [-0.2, -0.15) is 21.9 Å². The van der Waals surface area contributed by atoms with Crippen LogP contribution in [0.5, 0.6) is 0 Å². The molecule has 27 heteroatoms. The first-order valence-corrected chi connectivity index (χ1v) is 19.5. The number of carboxylic acid groups (broad SMARTS) is 1. The Kier molecular flexibility index (Phi) is 12.8. The molecule has 5 amide bonds. The first-order chi connectivity index (χ1) is 24.6. The molecule has 53 heavy (non-hydrogen) atoms. The second kappa shape index (κ2) is 16.4. The van der Waals surface area contributed by atoms with E-state index in [9.17, 15) is 40.8 Å². The summed E-state index contributed by atoms with van der Waals surface area (Å²) in [6.45, 7) is 5.11. The van der Waals surface area contributed by atoms with Crippen LogP contribution in [0.15, 0.2) is 10.5 Å². The molecule has 0 spiro atoms. The van der Waals surface area contributed by atoms with E-state index in [2.05, 4.69) is 30.5 Å². The van der Waals surface area contributed by atoms with Crippen LogP contribution in [-0.4, -0.2) is 141 Å². The van der Waals surface area contributed by atoms with E-state index in [0.717, 1.165) is 37.1 Å². The average molecular weight is 814 g/mol. The quantitative estimate of drug-likeness (QED) is 0.0490. The lowest BCUT2D eigenvalue weighted by atomic mass is 10.0. The van der Waals surface area contributed by atoms with Crippen molar-refractivity contribution < 1.29 is 69.0 Å². The van der Waals surface area contributed by atoms with Crippen molar-refractivity contribution in [1.82, 2.24) is 35.4 Å².